The molecule has 0 spiro atoms. The molecule has 3 amide bonds. The first kappa shape index (κ1) is 29.3. The fourth-order valence-corrected chi connectivity index (χ4v) is 5.92. The van der Waals surface area contributed by atoms with Gasteiger partial charge in [0, 0.05) is 25.1 Å². The number of fused-ring (bicyclic) bond motifs is 3. The minimum atomic E-state index is -0.688. The van der Waals surface area contributed by atoms with E-state index in [9.17, 15) is 14.4 Å². The van der Waals surface area contributed by atoms with E-state index in [-0.39, 0.29) is 24.1 Å². The highest BCUT2D eigenvalue weighted by Gasteiger charge is 2.42. The molecule has 5 rings (SSSR count). The molecule has 3 aromatic carbocycles. The molecule has 2 atom stereocenters. The first-order chi connectivity index (χ1) is 20.4. The van der Waals surface area contributed by atoms with Crippen LogP contribution in [0.15, 0.2) is 88.8 Å². The van der Waals surface area contributed by atoms with Crippen molar-refractivity contribution in [1.82, 2.24) is 15.5 Å². The molecule has 2 aliphatic heterocycles. The Balaban J connectivity index is 1.23. The van der Waals surface area contributed by atoms with Crippen molar-refractivity contribution >= 4 is 46.2 Å². The number of nitrogens with one attached hydrogen (secondary N) is 2. The summed E-state index contributed by atoms with van der Waals surface area (Å²) in [6.45, 7) is 4.93. The van der Waals surface area contributed by atoms with E-state index < -0.39 is 11.3 Å². The highest BCUT2D eigenvalue weighted by molar-refractivity contribution is 8.15. The van der Waals surface area contributed by atoms with Gasteiger partial charge in [-0.1, -0.05) is 91.0 Å². The molecular weight excluding hydrogens is 546 g/mol. The molecule has 0 saturated heterocycles. The van der Waals surface area contributed by atoms with Gasteiger partial charge in [0.15, 0.2) is 5.17 Å². The number of carbonyl (C=O) groups excluding carboxylic acids is 3. The highest BCUT2D eigenvalue weighted by Crippen LogP contribution is 2.35. The van der Waals surface area contributed by atoms with E-state index in [0.29, 0.717) is 42.6 Å². The highest BCUT2D eigenvalue weighted by atomic mass is 32.2. The Kier molecular flexibility index (Phi) is 9.48. The van der Waals surface area contributed by atoms with Crippen molar-refractivity contribution < 1.29 is 14.4 Å². The summed E-state index contributed by atoms with van der Waals surface area (Å²) in [6, 6.07) is 24.9. The van der Waals surface area contributed by atoms with E-state index in [1.54, 1.807) is 0 Å². The molecule has 0 aromatic heterocycles. The first-order valence-electron chi connectivity index (χ1n) is 14.3. The number of nitrogens with zero attached hydrogens (tertiary/aromatic N) is 3. The number of aliphatic imine (C=N–C) groups is 2. The van der Waals surface area contributed by atoms with Crippen LogP contribution in [-0.4, -0.2) is 51.5 Å². The second kappa shape index (κ2) is 13.6. The van der Waals surface area contributed by atoms with Crippen LogP contribution in [0.25, 0.3) is 0 Å². The Bertz CT molecular complexity index is 1500. The average molecular weight is 582 g/mol. The molecule has 0 aliphatic carbocycles. The van der Waals surface area contributed by atoms with Crippen molar-refractivity contribution in [2.75, 3.05) is 6.54 Å². The predicted molar refractivity (Wildman–Crippen MR) is 168 cm³/mol. The lowest BCUT2D eigenvalue weighted by Crippen LogP contribution is -2.43. The Labute approximate surface area is 250 Å². The van der Waals surface area contributed by atoms with Crippen molar-refractivity contribution in [3.63, 3.8) is 0 Å². The number of para-hydroxylation sites is 1. The molecule has 216 valence electrons. The molecule has 0 radical (unpaired) electrons. The maximum absolute atomic E-state index is 13.6. The van der Waals surface area contributed by atoms with E-state index in [1.807, 2.05) is 92.7 Å². The SMILES string of the molecule is CC[C@@H](SC1=Nc2ccccc2C2=N[C@@H](CCC(=O)NCCc3ccccc3)C(=O)N12)C(=O)NCc1ccc(C)cc1. The smallest absolute Gasteiger partial charge is 0.259 e. The van der Waals surface area contributed by atoms with Gasteiger partial charge in [-0.2, -0.15) is 0 Å². The summed E-state index contributed by atoms with van der Waals surface area (Å²) in [5.41, 5.74) is 4.81. The van der Waals surface area contributed by atoms with E-state index in [2.05, 4.69) is 10.6 Å². The lowest BCUT2D eigenvalue weighted by atomic mass is 10.1. The number of thioether (sulfide) groups is 1. The van der Waals surface area contributed by atoms with E-state index >= 15 is 0 Å². The van der Waals surface area contributed by atoms with Crippen LogP contribution in [0, 0.1) is 6.92 Å². The number of benzene rings is 3. The van der Waals surface area contributed by atoms with Crippen LogP contribution < -0.4 is 10.6 Å². The lowest BCUT2D eigenvalue weighted by Gasteiger charge is -2.27. The molecule has 3 aromatic rings. The summed E-state index contributed by atoms with van der Waals surface area (Å²) in [4.78, 5) is 50.4. The molecule has 2 heterocycles. The maximum atomic E-state index is 13.6. The lowest BCUT2D eigenvalue weighted by molar-refractivity contribution is -0.125. The van der Waals surface area contributed by atoms with Crippen LogP contribution in [0.4, 0.5) is 5.69 Å². The van der Waals surface area contributed by atoms with Gasteiger partial charge in [-0.05, 0) is 49.4 Å². The van der Waals surface area contributed by atoms with Gasteiger partial charge in [0.05, 0.1) is 10.9 Å². The van der Waals surface area contributed by atoms with E-state index in [1.165, 1.54) is 16.7 Å². The minimum Gasteiger partial charge on any atom is -0.356 e. The van der Waals surface area contributed by atoms with Gasteiger partial charge in [-0.15, -0.1) is 0 Å². The normalized spacial score (nSPS) is 16.2. The zero-order chi connectivity index (χ0) is 29.5. The molecular formula is C33H35N5O3S. The van der Waals surface area contributed by atoms with Crippen LogP contribution in [0.5, 0.6) is 0 Å². The van der Waals surface area contributed by atoms with Crippen LogP contribution in [-0.2, 0) is 27.3 Å². The molecule has 0 fully saturated rings. The van der Waals surface area contributed by atoms with Gasteiger partial charge in [0.1, 0.15) is 11.9 Å². The molecule has 2 aliphatic rings. The summed E-state index contributed by atoms with van der Waals surface area (Å²) in [5, 5.41) is 5.96. The molecule has 9 heteroatoms. The van der Waals surface area contributed by atoms with Crippen molar-refractivity contribution in [3.05, 3.63) is 101 Å². The summed E-state index contributed by atoms with van der Waals surface area (Å²) in [7, 11) is 0. The maximum Gasteiger partial charge on any atom is 0.259 e. The largest absolute Gasteiger partial charge is 0.356 e. The second-order valence-electron chi connectivity index (χ2n) is 10.4. The Morgan fingerprint density at radius 2 is 1.69 bits per heavy atom. The Hall–Kier alpha value is -4.24. The monoisotopic (exact) mass is 581 g/mol. The fourth-order valence-electron chi connectivity index (χ4n) is 4.87. The number of amidine groups is 2. The minimum absolute atomic E-state index is 0.108. The number of hydrogen-bond acceptors (Lipinski definition) is 6. The van der Waals surface area contributed by atoms with Gasteiger partial charge in [0.25, 0.3) is 5.91 Å². The van der Waals surface area contributed by atoms with Crippen LogP contribution in [0.3, 0.4) is 0 Å². The molecule has 0 bridgehead atoms. The van der Waals surface area contributed by atoms with Crippen molar-refractivity contribution in [2.24, 2.45) is 9.98 Å². The molecule has 0 saturated carbocycles. The van der Waals surface area contributed by atoms with E-state index in [4.69, 9.17) is 9.98 Å². The summed E-state index contributed by atoms with van der Waals surface area (Å²) in [5.74, 6) is 0.0810. The zero-order valence-electron chi connectivity index (χ0n) is 23.9. The molecule has 2 N–H and O–H groups in total. The number of hydrogen-bond donors (Lipinski definition) is 2. The van der Waals surface area contributed by atoms with Gasteiger partial charge in [-0.3, -0.25) is 19.4 Å². The third kappa shape index (κ3) is 6.97. The Morgan fingerprint density at radius 3 is 2.45 bits per heavy atom. The third-order valence-corrected chi connectivity index (χ3v) is 8.59. The quantitative estimate of drug-likeness (QED) is 0.336. The number of amides is 3. The van der Waals surface area contributed by atoms with Gasteiger partial charge < -0.3 is 10.6 Å². The molecule has 0 unspecified atom stereocenters. The van der Waals surface area contributed by atoms with Gasteiger partial charge >= 0.3 is 0 Å². The summed E-state index contributed by atoms with van der Waals surface area (Å²) >= 11 is 1.27. The van der Waals surface area contributed by atoms with Crippen LogP contribution in [0.2, 0.25) is 0 Å². The average Bonchev–Trinajstić information content (AvgIpc) is 3.35. The van der Waals surface area contributed by atoms with Crippen molar-refractivity contribution in [3.8, 4) is 0 Å². The Morgan fingerprint density at radius 1 is 0.952 bits per heavy atom. The summed E-state index contributed by atoms with van der Waals surface area (Å²) < 4.78 is 0. The van der Waals surface area contributed by atoms with Gasteiger partial charge in [0.2, 0.25) is 11.8 Å². The molecule has 42 heavy (non-hydrogen) atoms. The van der Waals surface area contributed by atoms with Gasteiger partial charge in [-0.25, -0.2) is 9.89 Å². The number of rotatable bonds is 11. The van der Waals surface area contributed by atoms with Crippen molar-refractivity contribution in [1.29, 1.82) is 0 Å². The number of carbonyl (C=O) groups is 3. The topological polar surface area (TPSA) is 103 Å². The van der Waals surface area contributed by atoms with Crippen LogP contribution in [0.1, 0.15) is 48.4 Å². The first-order valence-corrected chi connectivity index (χ1v) is 15.2. The molecule has 8 nitrogen and oxygen atoms in total. The standard InChI is InChI=1S/C33H35N5O3S/c1-3-28(31(40)35-21-24-15-13-22(2)14-16-24)42-33-37-26-12-8-7-11-25(26)30-36-27(32(41)38(30)33)17-18-29(39)34-20-19-23-9-5-4-6-10-23/h4-16,27-28H,3,17-21H2,1-2H3,(H,34,39)(H,35,40)/t27-,28+/m0/s1. The summed E-state index contributed by atoms with van der Waals surface area (Å²) in [6.07, 6.45) is 1.79. The third-order valence-electron chi connectivity index (χ3n) is 7.27. The second-order valence-corrected chi connectivity index (χ2v) is 11.6. The van der Waals surface area contributed by atoms with Crippen molar-refractivity contribution in [2.45, 2.75) is 57.4 Å². The fraction of sp³-hybridized carbons (Fsp3) is 0.303. The van der Waals surface area contributed by atoms with E-state index in [0.717, 1.165) is 28.7 Å². The van der Waals surface area contributed by atoms with Crippen LogP contribution >= 0.6 is 11.8 Å². The predicted octanol–water partition coefficient (Wildman–Crippen LogP) is 4.92. The number of aryl methyl sites for hydroxylation is 1. The zero-order valence-corrected chi connectivity index (χ0v) is 24.7.